The summed E-state index contributed by atoms with van der Waals surface area (Å²) in [6.07, 6.45) is 1.20. The van der Waals surface area contributed by atoms with Crippen LogP contribution in [0.3, 0.4) is 0 Å². The van der Waals surface area contributed by atoms with Gasteiger partial charge in [-0.05, 0) is 12.8 Å². The van der Waals surface area contributed by atoms with Crippen LogP contribution in [0.4, 0.5) is 0 Å². The van der Waals surface area contributed by atoms with Gasteiger partial charge in [-0.25, -0.2) is 8.42 Å². The van der Waals surface area contributed by atoms with Crippen LogP contribution in [-0.2, 0) is 14.6 Å². The van der Waals surface area contributed by atoms with Crippen LogP contribution >= 0.6 is 0 Å². The number of hydrogen-bond donors (Lipinski definition) is 1. The monoisotopic (exact) mass is 260 g/mol. The number of carbonyl (C=O) groups is 1. The Bertz CT molecular complexity index is 380. The summed E-state index contributed by atoms with van der Waals surface area (Å²) in [6, 6.07) is 0.119. The molecule has 17 heavy (non-hydrogen) atoms. The molecule has 0 aromatic carbocycles. The van der Waals surface area contributed by atoms with E-state index in [9.17, 15) is 13.2 Å². The van der Waals surface area contributed by atoms with Crippen molar-refractivity contribution in [3.63, 3.8) is 0 Å². The quantitative estimate of drug-likeness (QED) is 0.698. The summed E-state index contributed by atoms with van der Waals surface area (Å²) in [4.78, 5) is 14.0. The molecule has 0 aromatic heterocycles. The van der Waals surface area contributed by atoms with E-state index in [1.54, 1.807) is 0 Å². The van der Waals surface area contributed by atoms with Gasteiger partial charge in [0, 0.05) is 31.6 Å². The highest BCUT2D eigenvalue weighted by atomic mass is 32.2. The highest BCUT2D eigenvalue weighted by Crippen LogP contribution is 2.20. The molecule has 2 heterocycles. The van der Waals surface area contributed by atoms with Crippen molar-refractivity contribution in [2.75, 3.05) is 31.1 Å². The number of amides is 1. The van der Waals surface area contributed by atoms with Gasteiger partial charge in [0.1, 0.15) is 9.84 Å². The molecule has 1 unspecified atom stereocenters. The van der Waals surface area contributed by atoms with Crippen LogP contribution in [0, 0.1) is 5.92 Å². The number of sulfone groups is 1. The first-order valence-electron chi connectivity index (χ1n) is 6.21. The summed E-state index contributed by atoms with van der Waals surface area (Å²) in [7, 11) is -2.85. The fourth-order valence-corrected chi connectivity index (χ4v) is 4.02. The fourth-order valence-electron chi connectivity index (χ4n) is 2.55. The summed E-state index contributed by atoms with van der Waals surface area (Å²) in [5, 5.41) is 3.23. The molecule has 0 radical (unpaired) electrons. The largest absolute Gasteiger partial charge is 0.338 e. The molecule has 0 aromatic rings. The third kappa shape index (κ3) is 2.98. The molecule has 2 aliphatic heterocycles. The summed E-state index contributed by atoms with van der Waals surface area (Å²) in [6.45, 7) is 4.15. The van der Waals surface area contributed by atoms with Crippen LogP contribution in [0.1, 0.15) is 19.8 Å². The molecular weight excluding hydrogens is 240 g/mol. The predicted molar refractivity (Wildman–Crippen MR) is 65.4 cm³/mol. The second-order valence-corrected chi connectivity index (χ2v) is 7.32. The van der Waals surface area contributed by atoms with E-state index in [-0.39, 0.29) is 29.4 Å². The van der Waals surface area contributed by atoms with Crippen molar-refractivity contribution in [3.8, 4) is 0 Å². The lowest BCUT2D eigenvalue weighted by molar-refractivity contribution is -0.136. The van der Waals surface area contributed by atoms with Crippen LogP contribution in [0.5, 0.6) is 0 Å². The zero-order chi connectivity index (χ0) is 12.5. The van der Waals surface area contributed by atoms with Crippen molar-refractivity contribution in [2.45, 2.75) is 25.8 Å². The minimum Gasteiger partial charge on any atom is -0.338 e. The Morgan fingerprint density at radius 2 is 1.94 bits per heavy atom. The van der Waals surface area contributed by atoms with Gasteiger partial charge in [-0.3, -0.25) is 4.79 Å². The van der Waals surface area contributed by atoms with Crippen molar-refractivity contribution in [3.05, 3.63) is 0 Å². The van der Waals surface area contributed by atoms with Crippen molar-refractivity contribution in [2.24, 2.45) is 5.92 Å². The Hall–Kier alpha value is -0.620. The van der Waals surface area contributed by atoms with Gasteiger partial charge in [0.2, 0.25) is 5.91 Å². The van der Waals surface area contributed by atoms with Gasteiger partial charge < -0.3 is 10.2 Å². The number of carbonyl (C=O) groups excluding carboxylic acids is 1. The minimum absolute atomic E-state index is 0.00367. The van der Waals surface area contributed by atoms with E-state index in [2.05, 4.69) is 5.32 Å². The lowest BCUT2D eigenvalue weighted by Gasteiger charge is -2.34. The smallest absolute Gasteiger partial charge is 0.226 e. The molecule has 98 valence electrons. The molecule has 2 rings (SSSR count). The molecule has 1 atom stereocenters. The van der Waals surface area contributed by atoms with E-state index < -0.39 is 9.84 Å². The SMILES string of the molecule is CC1CNCCN(C2CCS(=O)(=O)CC2)C1=O. The predicted octanol–water partition coefficient (Wildman–Crippen LogP) is -0.368. The third-order valence-corrected chi connectivity index (χ3v) is 5.37. The third-order valence-electron chi connectivity index (χ3n) is 3.65. The lowest BCUT2D eigenvalue weighted by atomic mass is 10.1. The molecule has 2 saturated heterocycles. The summed E-state index contributed by atoms with van der Waals surface area (Å²) >= 11 is 0. The number of rotatable bonds is 1. The zero-order valence-corrected chi connectivity index (χ0v) is 11.0. The maximum Gasteiger partial charge on any atom is 0.226 e. The average Bonchev–Trinajstić information content (AvgIpc) is 2.43. The molecule has 0 spiro atoms. The van der Waals surface area contributed by atoms with E-state index in [4.69, 9.17) is 0 Å². The van der Waals surface area contributed by atoms with E-state index in [1.165, 1.54) is 0 Å². The molecular formula is C11H20N2O3S. The van der Waals surface area contributed by atoms with Crippen molar-refractivity contribution in [1.82, 2.24) is 10.2 Å². The highest BCUT2D eigenvalue weighted by Gasteiger charge is 2.33. The van der Waals surface area contributed by atoms with Crippen LogP contribution in [0.25, 0.3) is 0 Å². The highest BCUT2D eigenvalue weighted by molar-refractivity contribution is 7.91. The number of nitrogens with zero attached hydrogens (tertiary/aromatic N) is 1. The molecule has 1 N–H and O–H groups in total. The van der Waals surface area contributed by atoms with Crippen LogP contribution in [0.15, 0.2) is 0 Å². The topological polar surface area (TPSA) is 66.5 Å². The molecule has 6 heteroatoms. The molecule has 1 amide bonds. The van der Waals surface area contributed by atoms with Gasteiger partial charge in [0.05, 0.1) is 11.5 Å². The number of nitrogens with one attached hydrogen (secondary N) is 1. The standard InChI is InChI=1S/C11H20N2O3S/c1-9-8-12-4-5-13(11(9)14)10-2-6-17(15,16)7-3-10/h9-10,12H,2-8H2,1H3. The summed E-state index contributed by atoms with van der Waals surface area (Å²) in [5.74, 6) is 0.613. The molecule has 0 saturated carbocycles. The molecule has 2 fully saturated rings. The Labute approximate surface area is 102 Å². The summed E-state index contributed by atoms with van der Waals surface area (Å²) in [5.41, 5.74) is 0. The van der Waals surface area contributed by atoms with E-state index in [1.807, 2.05) is 11.8 Å². The molecule has 5 nitrogen and oxygen atoms in total. The normalized spacial score (nSPS) is 31.2. The maximum absolute atomic E-state index is 12.1. The molecule has 0 aliphatic carbocycles. The fraction of sp³-hybridized carbons (Fsp3) is 0.909. The first-order valence-corrected chi connectivity index (χ1v) is 8.03. The summed E-state index contributed by atoms with van der Waals surface area (Å²) < 4.78 is 22.8. The van der Waals surface area contributed by atoms with Gasteiger partial charge >= 0.3 is 0 Å². The van der Waals surface area contributed by atoms with E-state index in [0.29, 0.717) is 19.4 Å². The van der Waals surface area contributed by atoms with Gasteiger partial charge in [0.25, 0.3) is 0 Å². The van der Waals surface area contributed by atoms with Crippen molar-refractivity contribution >= 4 is 15.7 Å². The van der Waals surface area contributed by atoms with Gasteiger partial charge in [-0.1, -0.05) is 6.92 Å². The Balaban J connectivity index is 2.04. The first kappa shape index (κ1) is 12.8. The van der Waals surface area contributed by atoms with Gasteiger partial charge in [0.15, 0.2) is 0 Å². The Morgan fingerprint density at radius 1 is 1.29 bits per heavy atom. The minimum atomic E-state index is -2.85. The lowest BCUT2D eigenvalue weighted by Crippen LogP contribution is -2.47. The Morgan fingerprint density at radius 3 is 2.59 bits per heavy atom. The number of hydrogen-bond acceptors (Lipinski definition) is 4. The zero-order valence-electron chi connectivity index (χ0n) is 10.2. The van der Waals surface area contributed by atoms with E-state index >= 15 is 0 Å². The second kappa shape index (κ2) is 4.94. The Kier molecular flexibility index (Phi) is 3.73. The van der Waals surface area contributed by atoms with E-state index in [0.717, 1.165) is 13.1 Å². The van der Waals surface area contributed by atoms with Crippen LogP contribution in [-0.4, -0.2) is 56.4 Å². The van der Waals surface area contributed by atoms with Gasteiger partial charge in [-0.15, -0.1) is 0 Å². The van der Waals surface area contributed by atoms with Crippen molar-refractivity contribution < 1.29 is 13.2 Å². The van der Waals surface area contributed by atoms with Crippen LogP contribution in [0.2, 0.25) is 0 Å². The second-order valence-electron chi connectivity index (χ2n) is 5.02. The maximum atomic E-state index is 12.1. The molecule has 0 bridgehead atoms. The van der Waals surface area contributed by atoms with Crippen molar-refractivity contribution in [1.29, 1.82) is 0 Å². The average molecular weight is 260 g/mol. The van der Waals surface area contributed by atoms with Gasteiger partial charge in [-0.2, -0.15) is 0 Å². The van der Waals surface area contributed by atoms with Crippen LogP contribution < -0.4 is 5.32 Å². The first-order chi connectivity index (χ1) is 7.99. The molecule has 2 aliphatic rings.